The molecule has 0 amide bonds. The van der Waals surface area contributed by atoms with Gasteiger partial charge < -0.3 is 4.74 Å². The molecule has 0 aliphatic carbocycles. The number of hydrogen-bond acceptors (Lipinski definition) is 1. The van der Waals surface area contributed by atoms with Crippen molar-refractivity contribution in [2.24, 2.45) is 0 Å². The van der Waals surface area contributed by atoms with Crippen molar-refractivity contribution in [2.75, 3.05) is 12.5 Å². The maximum Gasteiger partial charge on any atom is 0.0547 e. The second kappa shape index (κ2) is 8.35. The Morgan fingerprint density at radius 2 is 2.09 bits per heavy atom. The van der Waals surface area contributed by atoms with Crippen molar-refractivity contribution < 1.29 is 4.74 Å². The minimum atomic E-state index is 0.389. The van der Waals surface area contributed by atoms with E-state index in [4.69, 9.17) is 16.3 Å². The van der Waals surface area contributed by atoms with Gasteiger partial charge in [0, 0.05) is 12.5 Å². The van der Waals surface area contributed by atoms with Crippen molar-refractivity contribution in [3.63, 3.8) is 0 Å². The summed E-state index contributed by atoms with van der Waals surface area (Å²) in [6, 6.07) is 0. The third-order valence-corrected chi connectivity index (χ3v) is 1.91. The lowest BCUT2D eigenvalue weighted by atomic mass is 10.2. The van der Waals surface area contributed by atoms with Crippen LogP contribution in [0.25, 0.3) is 0 Å². The van der Waals surface area contributed by atoms with E-state index in [-0.39, 0.29) is 0 Å². The van der Waals surface area contributed by atoms with Crippen LogP contribution in [-0.2, 0) is 4.74 Å². The number of halogens is 1. The van der Waals surface area contributed by atoms with Crippen LogP contribution in [0.15, 0.2) is 0 Å². The Labute approximate surface area is 75.1 Å². The molecular weight excluding hydrogens is 160 g/mol. The SMILES string of the molecule is CCCCOC(C)CCCCl. The first kappa shape index (κ1) is 11.2. The molecule has 11 heavy (non-hydrogen) atoms. The van der Waals surface area contributed by atoms with Gasteiger partial charge in [0.1, 0.15) is 0 Å². The summed E-state index contributed by atoms with van der Waals surface area (Å²) >= 11 is 5.55. The molecular formula is C9H19ClO. The molecule has 0 spiro atoms. The molecule has 0 saturated heterocycles. The highest BCUT2D eigenvalue weighted by Gasteiger charge is 1.99. The van der Waals surface area contributed by atoms with Crippen LogP contribution in [0.5, 0.6) is 0 Å². The smallest absolute Gasteiger partial charge is 0.0547 e. The average molecular weight is 179 g/mol. The van der Waals surface area contributed by atoms with Gasteiger partial charge >= 0.3 is 0 Å². The summed E-state index contributed by atoms with van der Waals surface area (Å²) in [4.78, 5) is 0. The van der Waals surface area contributed by atoms with E-state index < -0.39 is 0 Å². The molecule has 0 aliphatic rings. The molecule has 1 unspecified atom stereocenters. The first-order chi connectivity index (χ1) is 5.31. The van der Waals surface area contributed by atoms with E-state index in [1.165, 1.54) is 12.8 Å². The van der Waals surface area contributed by atoms with Crippen LogP contribution in [0.3, 0.4) is 0 Å². The maximum absolute atomic E-state index is 5.55. The molecule has 0 radical (unpaired) electrons. The van der Waals surface area contributed by atoms with Gasteiger partial charge in [0.2, 0.25) is 0 Å². The fraction of sp³-hybridized carbons (Fsp3) is 1.00. The molecule has 68 valence electrons. The Morgan fingerprint density at radius 1 is 1.36 bits per heavy atom. The number of rotatable bonds is 7. The Kier molecular flexibility index (Phi) is 8.54. The summed E-state index contributed by atoms with van der Waals surface area (Å²) in [5, 5.41) is 0. The normalized spacial score (nSPS) is 13.4. The summed E-state index contributed by atoms with van der Waals surface area (Å²) in [7, 11) is 0. The van der Waals surface area contributed by atoms with Gasteiger partial charge in [-0.2, -0.15) is 0 Å². The van der Waals surface area contributed by atoms with E-state index >= 15 is 0 Å². The third-order valence-electron chi connectivity index (χ3n) is 1.64. The Hall–Kier alpha value is 0.250. The summed E-state index contributed by atoms with van der Waals surface area (Å²) in [5.41, 5.74) is 0. The molecule has 0 aromatic rings. The van der Waals surface area contributed by atoms with Crippen LogP contribution in [0.4, 0.5) is 0 Å². The molecule has 0 aliphatic heterocycles. The minimum Gasteiger partial charge on any atom is -0.379 e. The van der Waals surface area contributed by atoms with Crippen LogP contribution in [0.2, 0.25) is 0 Å². The summed E-state index contributed by atoms with van der Waals surface area (Å²) in [6.45, 7) is 5.19. The Bertz CT molecular complexity index is 76.0. The molecule has 0 aromatic heterocycles. The van der Waals surface area contributed by atoms with E-state index in [1.807, 2.05) is 0 Å². The molecule has 0 N–H and O–H groups in total. The van der Waals surface area contributed by atoms with Crippen molar-refractivity contribution in [1.82, 2.24) is 0 Å². The zero-order valence-corrected chi connectivity index (χ0v) is 8.36. The highest BCUT2D eigenvalue weighted by Crippen LogP contribution is 2.03. The maximum atomic E-state index is 5.55. The van der Waals surface area contributed by atoms with Crippen molar-refractivity contribution in [2.45, 2.75) is 45.6 Å². The van der Waals surface area contributed by atoms with Crippen molar-refractivity contribution in [3.05, 3.63) is 0 Å². The number of unbranched alkanes of at least 4 members (excludes halogenated alkanes) is 1. The molecule has 2 heteroatoms. The van der Waals surface area contributed by atoms with E-state index in [0.717, 1.165) is 25.3 Å². The first-order valence-electron chi connectivity index (χ1n) is 4.48. The Morgan fingerprint density at radius 3 is 2.64 bits per heavy atom. The first-order valence-corrected chi connectivity index (χ1v) is 5.02. The molecule has 1 atom stereocenters. The van der Waals surface area contributed by atoms with Crippen LogP contribution >= 0.6 is 11.6 Å². The van der Waals surface area contributed by atoms with Crippen molar-refractivity contribution in [3.8, 4) is 0 Å². The fourth-order valence-corrected chi connectivity index (χ4v) is 1.03. The molecule has 0 heterocycles. The van der Waals surface area contributed by atoms with E-state index in [9.17, 15) is 0 Å². The van der Waals surface area contributed by atoms with Crippen LogP contribution in [0.1, 0.15) is 39.5 Å². The van der Waals surface area contributed by atoms with Crippen LogP contribution in [-0.4, -0.2) is 18.6 Å². The van der Waals surface area contributed by atoms with Gasteiger partial charge in [-0.3, -0.25) is 0 Å². The van der Waals surface area contributed by atoms with Gasteiger partial charge in [0.05, 0.1) is 6.10 Å². The molecule has 0 fully saturated rings. The van der Waals surface area contributed by atoms with Gasteiger partial charge in [-0.15, -0.1) is 11.6 Å². The zero-order valence-electron chi connectivity index (χ0n) is 7.61. The standard InChI is InChI=1S/C9H19ClO/c1-3-4-8-11-9(2)6-5-7-10/h9H,3-8H2,1-2H3. The second-order valence-electron chi connectivity index (χ2n) is 2.87. The summed E-state index contributed by atoms with van der Waals surface area (Å²) in [5.74, 6) is 0.751. The Balaban J connectivity index is 3.02. The summed E-state index contributed by atoms with van der Waals surface area (Å²) < 4.78 is 5.53. The highest BCUT2D eigenvalue weighted by atomic mass is 35.5. The van der Waals surface area contributed by atoms with E-state index in [2.05, 4.69) is 13.8 Å². The number of hydrogen-bond donors (Lipinski definition) is 0. The molecule has 1 nitrogen and oxygen atoms in total. The van der Waals surface area contributed by atoms with Gasteiger partial charge in [0.25, 0.3) is 0 Å². The number of ether oxygens (including phenoxy) is 1. The fourth-order valence-electron chi connectivity index (χ4n) is 0.877. The minimum absolute atomic E-state index is 0.389. The number of alkyl halides is 1. The van der Waals surface area contributed by atoms with Gasteiger partial charge in [-0.1, -0.05) is 13.3 Å². The molecule has 0 rings (SSSR count). The quantitative estimate of drug-likeness (QED) is 0.430. The van der Waals surface area contributed by atoms with Crippen LogP contribution < -0.4 is 0 Å². The molecule has 0 aromatic carbocycles. The molecule has 0 bridgehead atoms. The van der Waals surface area contributed by atoms with Gasteiger partial charge in [-0.25, -0.2) is 0 Å². The lowest BCUT2D eigenvalue weighted by Crippen LogP contribution is -2.09. The topological polar surface area (TPSA) is 9.23 Å². The lowest BCUT2D eigenvalue weighted by molar-refractivity contribution is 0.0580. The predicted octanol–water partition coefficient (Wildman–Crippen LogP) is 3.21. The van der Waals surface area contributed by atoms with Gasteiger partial charge in [0.15, 0.2) is 0 Å². The summed E-state index contributed by atoms with van der Waals surface area (Å²) in [6.07, 6.45) is 4.93. The zero-order chi connectivity index (χ0) is 8.53. The van der Waals surface area contributed by atoms with Crippen molar-refractivity contribution >= 4 is 11.6 Å². The average Bonchev–Trinajstić information content (AvgIpc) is 2.01. The lowest BCUT2D eigenvalue weighted by Gasteiger charge is -2.11. The highest BCUT2D eigenvalue weighted by molar-refractivity contribution is 6.17. The molecule has 0 saturated carbocycles. The largest absolute Gasteiger partial charge is 0.379 e. The third kappa shape index (κ3) is 8.15. The van der Waals surface area contributed by atoms with E-state index in [1.54, 1.807) is 0 Å². The second-order valence-corrected chi connectivity index (χ2v) is 3.24. The van der Waals surface area contributed by atoms with Crippen molar-refractivity contribution in [1.29, 1.82) is 0 Å². The monoisotopic (exact) mass is 178 g/mol. The predicted molar refractivity (Wildman–Crippen MR) is 50.3 cm³/mol. The van der Waals surface area contributed by atoms with Gasteiger partial charge in [-0.05, 0) is 26.2 Å². The van der Waals surface area contributed by atoms with Crippen LogP contribution in [0, 0.1) is 0 Å². The van der Waals surface area contributed by atoms with E-state index in [0.29, 0.717) is 6.10 Å².